The average Bonchev–Trinajstić information content (AvgIpc) is 3.71. The standard InChI is InChI=1S/C30H36F3N5O3/c1-15(2)27(30(31,32)33)37-24-13-22(16(3)10-23(24)28(34)40)29(41)36-19-11-20-7-8-21(12-19)38(20)25-9-6-18(14-35-25)26(39)17-4-5-17/h6,9-10,13-15,17,19-21,27,37H,4-5,7-8,11-12H2,1-3H3,(H2,34,40)(H,36,41). The Kier molecular flexibility index (Phi) is 7.74. The number of alkyl halides is 3. The Labute approximate surface area is 237 Å². The zero-order chi connectivity index (χ0) is 29.6. The first-order chi connectivity index (χ1) is 19.3. The van der Waals surface area contributed by atoms with E-state index in [2.05, 4.69) is 20.5 Å². The SMILES string of the molecule is Cc1cc(C(N)=O)c(NC(C(C)C)C(F)(F)F)cc1C(=O)NC1CC2CCC(C1)N2c1ccc(C(=O)C2CC2)cn1. The second-order valence-electron chi connectivity index (χ2n) is 12.0. The third kappa shape index (κ3) is 6.04. The summed E-state index contributed by atoms with van der Waals surface area (Å²) in [5.41, 5.74) is 6.53. The topological polar surface area (TPSA) is 117 Å². The molecule has 3 heterocycles. The molecule has 0 spiro atoms. The maximum Gasteiger partial charge on any atom is 0.408 e. The van der Waals surface area contributed by atoms with Gasteiger partial charge in [0.2, 0.25) is 0 Å². The molecule has 2 bridgehead atoms. The van der Waals surface area contributed by atoms with E-state index in [0.29, 0.717) is 24.0 Å². The minimum Gasteiger partial charge on any atom is -0.373 e. The van der Waals surface area contributed by atoms with Crippen molar-refractivity contribution in [1.29, 1.82) is 0 Å². The number of benzene rings is 1. The number of fused-ring (bicyclic) bond motifs is 2. The van der Waals surface area contributed by atoms with E-state index in [1.165, 1.54) is 26.0 Å². The Morgan fingerprint density at radius 3 is 2.20 bits per heavy atom. The highest BCUT2D eigenvalue weighted by Crippen LogP contribution is 2.39. The number of halogens is 3. The second-order valence-corrected chi connectivity index (χ2v) is 12.0. The highest BCUT2D eigenvalue weighted by atomic mass is 19.4. The van der Waals surface area contributed by atoms with Gasteiger partial charge in [0, 0.05) is 47.1 Å². The molecule has 8 nitrogen and oxygen atoms in total. The maximum absolute atomic E-state index is 13.7. The van der Waals surface area contributed by atoms with E-state index >= 15 is 0 Å². The number of amides is 2. The number of nitrogens with two attached hydrogens (primary N) is 1. The van der Waals surface area contributed by atoms with Crippen LogP contribution in [-0.2, 0) is 0 Å². The number of pyridine rings is 1. The molecule has 3 atom stereocenters. The number of anilines is 2. The molecule has 4 N–H and O–H groups in total. The normalized spacial score (nSPS) is 22.9. The summed E-state index contributed by atoms with van der Waals surface area (Å²) in [4.78, 5) is 44.7. The van der Waals surface area contributed by atoms with E-state index in [0.717, 1.165) is 31.5 Å². The first kappa shape index (κ1) is 28.9. The molecule has 1 aromatic carbocycles. The number of nitrogens with zero attached hydrogens (tertiary/aromatic N) is 2. The summed E-state index contributed by atoms with van der Waals surface area (Å²) in [7, 11) is 0. The molecule has 220 valence electrons. The van der Waals surface area contributed by atoms with Crippen molar-refractivity contribution in [1.82, 2.24) is 10.3 Å². The van der Waals surface area contributed by atoms with Crippen LogP contribution < -0.4 is 21.3 Å². The number of carbonyl (C=O) groups excluding carboxylic acids is 3. The molecule has 1 saturated carbocycles. The van der Waals surface area contributed by atoms with Gasteiger partial charge in [-0.25, -0.2) is 4.98 Å². The molecule has 0 radical (unpaired) electrons. The number of nitrogens with one attached hydrogen (secondary N) is 2. The van der Waals surface area contributed by atoms with Gasteiger partial charge in [-0.2, -0.15) is 13.2 Å². The summed E-state index contributed by atoms with van der Waals surface area (Å²) in [6.45, 7) is 4.48. The third-order valence-electron chi connectivity index (χ3n) is 8.52. The Balaban J connectivity index is 1.30. The number of Topliss-reactive ketones (excluding diaryl/α,β-unsaturated/α-hetero) is 1. The minimum absolute atomic E-state index is 0.0994. The highest BCUT2D eigenvalue weighted by Gasteiger charge is 2.43. The van der Waals surface area contributed by atoms with E-state index in [9.17, 15) is 27.6 Å². The van der Waals surface area contributed by atoms with Gasteiger partial charge in [0.05, 0.1) is 5.56 Å². The number of aryl methyl sites for hydroxylation is 1. The molecule has 2 aromatic rings. The summed E-state index contributed by atoms with van der Waals surface area (Å²) >= 11 is 0. The minimum atomic E-state index is -4.56. The summed E-state index contributed by atoms with van der Waals surface area (Å²) in [6, 6.07) is 4.71. The van der Waals surface area contributed by atoms with Gasteiger partial charge in [-0.1, -0.05) is 13.8 Å². The van der Waals surface area contributed by atoms with Crippen molar-refractivity contribution in [2.75, 3.05) is 10.2 Å². The van der Waals surface area contributed by atoms with Crippen molar-refractivity contribution < 1.29 is 27.6 Å². The van der Waals surface area contributed by atoms with Crippen LogP contribution in [0.5, 0.6) is 0 Å². The van der Waals surface area contributed by atoms with Crippen molar-refractivity contribution in [3.8, 4) is 0 Å². The molecule has 1 aromatic heterocycles. The lowest BCUT2D eigenvalue weighted by atomic mass is 9.95. The van der Waals surface area contributed by atoms with Crippen LogP contribution in [0.1, 0.15) is 89.0 Å². The number of piperidine rings is 1. The van der Waals surface area contributed by atoms with E-state index in [1.807, 2.05) is 12.1 Å². The first-order valence-corrected chi connectivity index (χ1v) is 14.2. The Morgan fingerprint density at radius 1 is 1.02 bits per heavy atom. The molecular weight excluding hydrogens is 535 g/mol. The van der Waals surface area contributed by atoms with Gasteiger partial charge in [0.25, 0.3) is 11.8 Å². The number of hydrogen-bond donors (Lipinski definition) is 3. The smallest absolute Gasteiger partial charge is 0.373 e. The van der Waals surface area contributed by atoms with Crippen molar-refractivity contribution in [2.24, 2.45) is 17.6 Å². The molecule has 11 heteroatoms. The van der Waals surface area contributed by atoms with Crippen LogP contribution in [-0.4, -0.2) is 52.9 Å². The van der Waals surface area contributed by atoms with Crippen LogP contribution in [0.4, 0.5) is 24.7 Å². The Bertz CT molecular complexity index is 1330. The number of hydrogen-bond acceptors (Lipinski definition) is 6. The van der Waals surface area contributed by atoms with E-state index in [4.69, 9.17) is 5.73 Å². The molecule has 2 saturated heterocycles. The predicted octanol–water partition coefficient (Wildman–Crippen LogP) is 5.01. The van der Waals surface area contributed by atoms with Crippen LogP contribution in [0.3, 0.4) is 0 Å². The predicted molar refractivity (Wildman–Crippen MR) is 149 cm³/mol. The fourth-order valence-electron chi connectivity index (χ4n) is 6.27. The van der Waals surface area contributed by atoms with Gasteiger partial charge < -0.3 is 21.3 Å². The van der Waals surface area contributed by atoms with Crippen LogP contribution in [0, 0.1) is 18.8 Å². The zero-order valence-electron chi connectivity index (χ0n) is 23.4. The van der Waals surface area contributed by atoms with Crippen molar-refractivity contribution in [2.45, 2.75) is 89.6 Å². The number of aromatic nitrogens is 1. The number of rotatable bonds is 9. The summed E-state index contributed by atoms with van der Waals surface area (Å²) in [6.07, 6.45) is 2.29. The van der Waals surface area contributed by atoms with Gasteiger partial charge in [0.15, 0.2) is 5.78 Å². The maximum atomic E-state index is 13.7. The third-order valence-corrected chi connectivity index (χ3v) is 8.52. The fourth-order valence-corrected chi connectivity index (χ4v) is 6.27. The van der Waals surface area contributed by atoms with E-state index in [-0.39, 0.29) is 46.6 Å². The van der Waals surface area contributed by atoms with Crippen molar-refractivity contribution in [3.63, 3.8) is 0 Å². The molecule has 3 unspecified atom stereocenters. The highest BCUT2D eigenvalue weighted by molar-refractivity contribution is 6.03. The molecule has 2 amide bonds. The largest absolute Gasteiger partial charge is 0.408 e. The molecule has 3 fully saturated rings. The number of ketones is 1. The Morgan fingerprint density at radius 2 is 1.68 bits per heavy atom. The second kappa shape index (κ2) is 11.0. The lowest BCUT2D eigenvalue weighted by Gasteiger charge is -2.40. The average molecular weight is 572 g/mol. The lowest BCUT2D eigenvalue weighted by Crippen LogP contribution is -2.51. The first-order valence-electron chi connectivity index (χ1n) is 14.2. The fraction of sp³-hybridized carbons (Fsp3) is 0.533. The molecule has 3 aliphatic rings. The van der Waals surface area contributed by atoms with Gasteiger partial charge in [-0.3, -0.25) is 14.4 Å². The molecular formula is C30H36F3N5O3. The monoisotopic (exact) mass is 571 g/mol. The van der Waals surface area contributed by atoms with Crippen LogP contribution in [0.25, 0.3) is 0 Å². The molecule has 1 aliphatic carbocycles. The van der Waals surface area contributed by atoms with Gasteiger partial charge >= 0.3 is 6.18 Å². The Hall–Kier alpha value is -3.63. The van der Waals surface area contributed by atoms with Crippen LogP contribution >= 0.6 is 0 Å². The number of carbonyl (C=O) groups is 3. The summed E-state index contributed by atoms with van der Waals surface area (Å²) in [5.74, 6) is -0.985. The quantitative estimate of drug-likeness (QED) is 0.365. The van der Waals surface area contributed by atoms with Crippen molar-refractivity contribution in [3.05, 3.63) is 52.7 Å². The number of primary amides is 1. The van der Waals surface area contributed by atoms with E-state index in [1.54, 1.807) is 13.1 Å². The summed E-state index contributed by atoms with van der Waals surface area (Å²) in [5, 5.41) is 5.50. The molecule has 5 rings (SSSR count). The zero-order valence-corrected chi connectivity index (χ0v) is 23.4. The van der Waals surface area contributed by atoms with Crippen LogP contribution in [0.2, 0.25) is 0 Å². The van der Waals surface area contributed by atoms with Crippen LogP contribution in [0.15, 0.2) is 30.5 Å². The van der Waals surface area contributed by atoms with E-state index < -0.39 is 30.0 Å². The molecule has 41 heavy (non-hydrogen) atoms. The van der Waals surface area contributed by atoms with Gasteiger partial charge in [0.1, 0.15) is 11.9 Å². The van der Waals surface area contributed by atoms with Crippen molar-refractivity contribution >= 4 is 29.1 Å². The lowest BCUT2D eigenvalue weighted by molar-refractivity contribution is -0.150. The van der Waals surface area contributed by atoms with Gasteiger partial charge in [-0.05, 0) is 81.2 Å². The molecule has 2 aliphatic heterocycles. The van der Waals surface area contributed by atoms with Gasteiger partial charge in [-0.15, -0.1) is 0 Å². The summed E-state index contributed by atoms with van der Waals surface area (Å²) < 4.78 is 41.0.